The van der Waals surface area contributed by atoms with E-state index >= 15 is 0 Å². The second-order valence-corrected chi connectivity index (χ2v) is 9.74. The molecule has 0 amide bonds. The average Bonchev–Trinajstić information content (AvgIpc) is 2.36. The highest BCUT2D eigenvalue weighted by atomic mass is 28.3. The molecule has 4 heteroatoms. The SMILES string of the molecule is C[Si]1(C)c2cc(O)ccc2C(=O)c2ccc(O)cc21. The fraction of sp³-hybridized carbons (Fsp3) is 0.133. The first-order valence-electron chi connectivity index (χ1n) is 6.13. The van der Waals surface area contributed by atoms with Gasteiger partial charge in [-0.15, -0.1) is 0 Å². The maximum atomic E-state index is 12.5. The van der Waals surface area contributed by atoms with Gasteiger partial charge in [-0.3, -0.25) is 4.79 Å². The third-order valence-electron chi connectivity index (χ3n) is 3.84. The zero-order valence-electron chi connectivity index (χ0n) is 10.8. The van der Waals surface area contributed by atoms with E-state index in [-0.39, 0.29) is 17.3 Å². The summed E-state index contributed by atoms with van der Waals surface area (Å²) in [6.07, 6.45) is 0. The van der Waals surface area contributed by atoms with E-state index in [2.05, 4.69) is 13.1 Å². The van der Waals surface area contributed by atoms with Gasteiger partial charge in [0.1, 0.15) is 19.6 Å². The molecule has 96 valence electrons. The highest BCUT2D eigenvalue weighted by Gasteiger charge is 2.38. The van der Waals surface area contributed by atoms with Gasteiger partial charge >= 0.3 is 0 Å². The van der Waals surface area contributed by atoms with Crippen molar-refractivity contribution in [3.8, 4) is 11.5 Å². The van der Waals surface area contributed by atoms with Gasteiger partial charge in [0, 0.05) is 11.1 Å². The van der Waals surface area contributed by atoms with E-state index in [1.54, 1.807) is 36.4 Å². The van der Waals surface area contributed by atoms with Crippen LogP contribution in [0.25, 0.3) is 0 Å². The molecule has 3 nitrogen and oxygen atoms in total. The smallest absolute Gasteiger partial charge is 0.192 e. The molecule has 0 saturated heterocycles. The minimum atomic E-state index is -2.08. The molecule has 1 aliphatic heterocycles. The Hall–Kier alpha value is -2.07. The van der Waals surface area contributed by atoms with Crippen molar-refractivity contribution in [2.24, 2.45) is 0 Å². The van der Waals surface area contributed by atoms with Crippen LogP contribution in [0.2, 0.25) is 13.1 Å². The fourth-order valence-corrected chi connectivity index (χ4v) is 5.83. The quantitative estimate of drug-likeness (QED) is 0.713. The normalized spacial score (nSPS) is 15.8. The second kappa shape index (κ2) is 3.71. The fourth-order valence-electron chi connectivity index (χ4n) is 2.78. The van der Waals surface area contributed by atoms with Crippen LogP contribution in [0.15, 0.2) is 36.4 Å². The Morgan fingerprint density at radius 1 is 0.842 bits per heavy atom. The maximum Gasteiger partial charge on any atom is 0.192 e. The lowest BCUT2D eigenvalue weighted by molar-refractivity contribution is 0.104. The van der Waals surface area contributed by atoms with E-state index in [0.717, 1.165) is 10.4 Å². The number of carbonyl (C=O) groups excluding carboxylic acids is 1. The molecule has 2 N–H and O–H groups in total. The summed E-state index contributed by atoms with van der Waals surface area (Å²) in [4.78, 5) is 12.5. The first-order valence-corrected chi connectivity index (χ1v) is 9.13. The van der Waals surface area contributed by atoms with Gasteiger partial charge in [0.25, 0.3) is 0 Å². The molecule has 1 heterocycles. The molecule has 0 bridgehead atoms. The van der Waals surface area contributed by atoms with Crippen LogP contribution in [0.1, 0.15) is 15.9 Å². The van der Waals surface area contributed by atoms with Crippen molar-refractivity contribution in [3.63, 3.8) is 0 Å². The number of rotatable bonds is 0. The molecule has 0 spiro atoms. The predicted molar refractivity (Wildman–Crippen MR) is 76.4 cm³/mol. The van der Waals surface area contributed by atoms with Crippen LogP contribution in [0.4, 0.5) is 0 Å². The molecule has 0 unspecified atom stereocenters. The lowest BCUT2D eigenvalue weighted by Crippen LogP contribution is -2.59. The molecule has 3 rings (SSSR count). The summed E-state index contributed by atoms with van der Waals surface area (Å²) in [5.74, 6) is 0.322. The Balaban J connectivity index is 2.36. The van der Waals surface area contributed by atoms with Crippen LogP contribution in [0.5, 0.6) is 11.5 Å². The summed E-state index contributed by atoms with van der Waals surface area (Å²) < 4.78 is 0. The predicted octanol–water partition coefficient (Wildman–Crippen LogP) is 1.46. The van der Waals surface area contributed by atoms with Gasteiger partial charge in [-0.1, -0.05) is 13.1 Å². The lowest BCUT2D eigenvalue weighted by atomic mass is 10.0. The topological polar surface area (TPSA) is 57.5 Å². The van der Waals surface area contributed by atoms with Crippen molar-refractivity contribution in [1.29, 1.82) is 0 Å². The third kappa shape index (κ3) is 1.60. The molecule has 0 aromatic heterocycles. The van der Waals surface area contributed by atoms with Gasteiger partial charge in [-0.2, -0.15) is 0 Å². The number of phenolic OH excluding ortho intramolecular Hbond substituents is 2. The van der Waals surface area contributed by atoms with Gasteiger partial charge < -0.3 is 10.2 Å². The Kier molecular flexibility index (Phi) is 2.34. The monoisotopic (exact) mass is 270 g/mol. The molecule has 2 aromatic carbocycles. The number of hydrogen-bond donors (Lipinski definition) is 2. The molecule has 0 atom stereocenters. The van der Waals surface area contributed by atoms with Gasteiger partial charge in [-0.25, -0.2) is 0 Å². The standard InChI is InChI=1S/C15H14O3Si/c1-19(2)13-7-9(16)3-5-11(13)15(18)12-6-4-10(17)8-14(12)19/h3-8,16-17H,1-2H3. The Morgan fingerprint density at radius 2 is 1.26 bits per heavy atom. The van der Waals surface area contributed by atoms with Gasteiger partial charge in [0.05, 0.1) is 0 Å². The van der Waals surface area contributed by atoms with Crippen LogP contribution in [0.3, 0.4) is 0 Å². The number of fused-ring (bicyclic) bond motifs is 2. The Bertz CT molecular complexity index is 647. The number of hydrogen-bond acceptors (Lipinski definition) is 3. The maximum absolute atomic E-state index is 12.5. The third-order valence-corrected chi connectivity index (χ3v) is 7.36. The van der Waals surface area contributed by atoms with E-state index in [9.17, 15) is 15.0 Å². The number of carbonyl (C=O) groups is 1. The van der Waals surface area contributed by atoms with E-state index in [1.807, 2.05) is 0 Å². The largest absolute Gasteiger partial charge is 0.508 e. The molecule has 0 saturated carbocycles. The number of benzene rings is 2. The molecule has 2 aromatic rings. The highest BCUT2D eigenvalue weighted by molar-refractivity contribution is 7.02. The van der Waals surface area contributed by atoms with E-state index in [0.29, 0.717) is 11.1 Å². The van der Waals surface area contributed by atoms with Crippen LogP contribution in [-0.4, -0.2) is 24.1 Å². The Morgan fingerprint density at radius 3 is 1.68 bits per heavy atom. The van der Waals surface area contributed by atoms with Gasteiger partial charge in [0.15, 0.2) is 5.78 Å². The first-order chi connectivity index (χ1) is 8.91. The minimum Gasteiger partial charge on any atom is -0.508 e. The van der Waals surface area contributed by atoms with Crippen molar-refractivity contribution in [2.75, 3.05) is 0 Å². The summed E-state index contributed by atoms with van der Waals surface area (Å²) in [7, 11) is -2.08. The summed E-state index contributed by atoms with van der Waals surface area (Å²) in [5.41, 5.74) is 1.35. The first kappa shape index (κ1) is 12.0. The Labute approximate surface area is 112 Å². The summed E-state index contributed by atoms with van der Waals surface area (Å²) in [5, 5.41) is 21.2. The summed E-state index contributed by atoms with van der Waals surface area (Å²) in [6, 6.07) is 9.85. The van der Waals surface area contributed by atoms with Crippen molar-refractivity contribution in [3.05, 3.63) is 47.5 Å². The van der Waals surface area contributed by atoms with Crippen LogP contribution in [-0.2, 0) is 0 Å². The molecular formula is C15H14O3Si. The van der Waals surface area contributed by atoms with Crippen molar-refractivity contribution in [1.82, 2.24) is 0 Å². The number of aromatic hydroxyl groups is 2. The average molecular weight is 270 g/mol. The molecule has 0 fully saturated rings. The van der Waals surface area contributed by atoms with Crippen LogP contribution in [0, 0.1) is 0 Å². The van der Waals surface area contributed by atoms with E-state index < -0.39 is 8.07 Å². The van der Waals surface area contributed by atoms with Crippen LogP contribution < -0.4 is 10.4 Å². The minimum absolute atomic E-state index is 0.0307. The van der Waals surface area contributed by atoms with Gasteiger partial charge in [0.2, 0.25) is 0 Å². The molecule has 19 heavy (non-hydrogen) atoms. The van der Waals surface area contributed by atoms with Crippen LogP contribution >= 0.6 is 0 Å². The number of phenols is 2. The van der Waals surface area contributed by atoms with Gasteiger partial charge in [-0.05, 0) is 46.8 Å². The van der Waals surface area contributed by atoms with Crippen molar-refractivity contribution < 1.29 is 15.0 Å². The molecule has 0 aliphatic carbocycles. The number of ketones is 1. The van der Waals surface area contributed by atoms with E-state index in [4.69, 9.17) is 0 Å². The molecular weight excluding hydrogens is 256 g/mol. The lowest BCUT2D eigenvalue weighted by Gasteiger charge is -2.32. The highest BCUT2D eigenvalue weighted by Crippen LogP contribution is 2.24. The van der Waals surface area contributed by atoms with Crippen molar-refractivity contribution >= 4 is 24.2 Å². The van der Waals surface area contributed by atoms with Crippen molar-refractivity contribution in [2.45, 2.75) is 13.1 Å². The summed E-state index contributed by atoms with van der Waals surface area (Å²) >= 11 is 0. The zero-order valence-corrected chi connectivity index (χ0v) is 11.8. The summed E-state index contributed by atoms with van der Waals surface area (Å²) in [6.45, 7) is 4.24. The second-order valence-electron chi connectivity index (χ2n) is 5.41. The zero-order chi connectivity index (χ0) is 13.8. The molecule has 1 aliphatic rings. The molecule has 0 radical (unpaired) electrons. The van der Waals surface area contributed by atoms with E-state index in [1.165, 1.54) is 0 Å².